The molecule has 2 N–H and O–H groups in total. The maximum Gasteiger partial charge on any atom is 0.248 e. The summed E-state index contributed by atoms with van der Waals surface area (Å²) in [7, 11) is 1.62. The van der Waals surface area contributed by atoms with Gasteiger partial charge in [-0.15, -0.1) is 0 Å². The molecule has 2 rings (SSSR count). The molecular weight excluding hydrogens is 240 g/mol. The van der Waals surface area contributed by atoms with Crippen molar-refractivity contribution in [1.29, 1.82) is 0 Å². The quantitative estimate of drug-likeness (QED) is 0.852. The number of carbonyl (C=O) groups excluding carboxylic acids is 1. The van der Waals surface area contributed by atoms with Gasteiger partial charge in [-0.2, -0.15) is 0 Å². The molecule has 1 amide bonds. The van der Waals surface area contributed by atoms with Crippen molar-refractivity contribution >= 4 is 17.8 Å². The molecule has 19 heavy (non-hydrogen) atoms. The lowest BCUT2D eigenvalue weighted by Crippen LogP contribution is -2.10. The Hall–Kier alpha value is -2.62. The van der Waals surface area contributed by atoms with Gasteiger partial charge in [-0.3, -0.25) is 9.79 Å². The number of primary amides is 1. The van der Waals surface area contributed by atoms with Crippen LogP contribution in [0.4, 0.5) is 5.69 Å². The van der Waals surface area contributed by atoms with E-state index in [0.29, 0.717) is 5.56 Å². The van der Waals surface area contributed by atoms with Gasteiger partial charge >= 0.3 is 0 Å². The standard InChI is InChI=1S/C15H14N2O2/c1-19-14-4-2-3-11(9-14)10-17-13-7-5-12(6-8-13)15(16)18/h2-10H,1H3,(H2,16,18). The predicted molar refractivity (Wildman–Crippen MR) is 75.2 cm³/mol. The second-order valence-electron chi connectivity index (χ2n) is 3.95. The van der Waals surface area contributed by atoms with Gasteiger partial charge < -0.3 is 10.5 Å². The first-order valence-corrected chi connectivity index (χ1v) is 5.77. The first-order valence-electron chi connectivity index (χ1n) is 5.77. The van der Waals surface area contributed by atoms with Crippen molar-refractivity contribution in [2.24, 2.45) is 10.7 Å². The van der Waals surface area contributed by atoms with Crippen molar-refractivity contribution in [2.75, 3.05) is 7.11 Å². The molecule has 0 aliphatic heterocycles. The minimum atomic E-state index is -0.441. The number of hydrogen-bond acceptors (Lipinski definition) is 3. The average Bonchev–Trinajstić information content (AvgIpc) is 2.46. The lowest BCUT2D eigenvalue weighted by molar-refractivity contribution is 0.100. The molecule has 0 radical (unpaired) electrons. The number of nitrogens with zero attached hydrogens (tertiary/aromatic N) is 1. The largest absolute Gasteiger partial charge is 0.497 e. The normalized spacial score (nSPS) is 10.6. The summed E-state index contributed by atoms with van der Waals surface area (Å²) < 4.78 is 5.14. The molecule has 0 saturated heterocycles. The van der Waals surface area contributed by atoms with Crippen molar-refractivity contribution < 1.29 is 9.53 Å². The van der Waals surface area contributed by atoms with E-state index in [0.717, 1.165) is 17.0 Å². The number of aliphatic imine (C=N–C) groups is 1. The summed E-state index contributed by atoms with van der Waals surface area (Å²) in [6.07, 6.45) is 1.74. The Morgan fingerprint density at radius 3 is 2.58 bits per heavy atom. The fraction of sp³-hybridized carbons (Fsp3) is 0.0667. The van der Waals surface area contributed by atoms with Gasteiger partial charge in [-0.25, -0.2) is 0 Å². The average molecular weight is 254 g/mol. The smallest absolute Gasteiger partial charge is 0.248 e. The highest BCUT2D eigenvalue weighted by Crippen LogP contribution is 2.15. The Bertz CT molecular complexity index is 604. The zero-order valence-electron chi connectivity index (χ0n) is 10.5. The highest BCUT2D eigenvalue weighted by Gasteiger charge is 1.98. The maximum absolute atomic E-state index is 10.9. The van der Waals surface area contributed by atoms with E-state index >= 15 is 0 Å². The second-order valence-corrected chi connectivity index (χ2v) is 3.95. The summed E-state index contributed by atoms with van der Waals surface area (Å²) in [6, 6.07) is 14.4. The molecule has 0 aromatic heterocycles. The van der Waals surface area contributed by atoms with Crippen LogP contribution < -0.4 is 10.5 Å². The van der Waals surface area contributed by atoms with Gasteiger partial charge in [-0.1, -0.05) is 12.1 Å². The SMILES string of the molecule is COc1cccc(C=Nc2ccc(C(N)=O)cc2)c1. The summed E-state index contributed by atoms with van der Waals surface area (Å²) >= 11 is 0. The van der Waals surface area contributed by atoms with Gasteiger partial charge in [0.15, 0.2) is 0 Å². The first kappa shape index (κ1) is 12.8. The van der Waals surface area contributed by atoms with E-state index in [4.69, 9.17) is 10.5 Å². The Kier molecular flexibility index (Phi) is 3.93. The number of ether oxygens (including phenoxy) is 1. The van der Waals surface area contributed by atoms with E-state index in [1.165, 1.54) is 0 Å². The van der Waals surface area contributed by atoms with Crippen LogP contribution in [0.1, 0.15) is 15.9 Å². The van der Waals surface area contributed by atoms with Crippen LogP contribution in [-0.2, 0) is 0 Å². The first-order chi connectivity index (χ1) is 9.19. The van der Waals surface area contributed by atoms with E-state index < -0.39 is 5.91 Å². The molecule has 0 spiro atoms. The summed E-state index contributed by atoms with van der Waals surface area (Å²) in [4.78, 5) is 15.3. The Labute approximate surface area is 111 Å². The van der Waals surface area contributed by atoms with Gasteiger partial charge in [0.1, 0.15) is 5.75 Å². The van der Waals surface area contributed by atoms with Crippen molar-refractivity contribution in [3.05, 3.63) is 59.7 Å². The highest BCUT2D eigenvalue weighted by molar-refractivity contribution is 5.93. The lowest BCUT2D eigenvalue weighted by Gasteiger charge is -2.00. The zero-order chi connectivity index (χ0) is 13.7. The number of methoxy groups -OCH3 is 1. The number of hydrogen-bond donors (Lipinski definition) is 1. The van der Waals surface area contributed by atoms with Crippen molar-refractivity contribution in [2.45, 2.75) is 0 Å². The van der Waals surface area contributed by atoms with Crippen LogP contribution in [-0.4, -0.2) is 19.2 Å². The van der Waals surface area contributed by atoms with Crippen LogP contribution in [0.2, 0.25) is 0 Å². The van der Waals surface area contributed by atoms with E-state index in [1.54, 1.807) is 37.6 Å². The molecule has 0 aliphatic carbocycles. The molecule has 0 bridgehead atoms. The molecular formula is C15H14N2O2. The van der Waals surface area contributed by atoms with Crippen LogP contribution in [0.3, 0.4) is 0 Å². The molecule has 0 atom stereocenters. The molecule has 2 aromatic carbocycles. The Morgan fingerprint density at radius 2 is 1.95 bits per heavy atom. The van der Waals surface area contributed by atoms with Crippen molar-refractivity contribution in [1.82, 2.24) is 0 Å². The number of benzene rings is 2. The van der Waals surface area contributed by atoms with Crippen LogP contribution in [0.5, 0.6) is 5.75 Å². The lowest BCUT2D eigenvalue weighted by atomic mass is 10.2. The molecule has 0 fully saturated rings. The van der Waals surface area contributed by atoms with Gasteiger partial charge in [0.25, 0.3) is 0 Å². The van der Waals surface area contributed by atoms with Gasteiger partial charge in [-0.05, 0) is 42.0 Å². The van der Waals surface area contributed by atoms with Crippen molar-refractivity contribution in [3.8, 4) is 5.75 Å². The number of nitrogens with two attached hydrogens (primary N) is 1. The Morgan fingerprint density at radius 1 is 1.21 bits per heavy atom. The molecule has 0 aliphatic rings. The third-order valence-corrected chi connectivity index (χ3v) is 2.61. The Balaban J connectivity index is 2.15. The number of rotatable bonds is 4. The van der Waals surface area contributed by atoms with Crippen LogP contribution >= 0.6 is 0 Å². The van der Waals surface area contributed by atoms with Crippen LogP contribution in [0.15, 0.2) is 53.5 Å². The van der Waals surface area contributed by atoms with Gasteiger partial charge in [0.05, 0.1) is 12.8 Å². The van der Waals surface area contributed by atoms with Crippen LogP contribution in [0, 0.1) is 0 Å². The summed E-state index contributed by atoms with van der Waals surface area (Å²) in [5.74, 6) is 0.344. The fourth-order valence-corrected chi connectivity index (χ4v) is 1.58. The molecule has 0 unspecified atom stereocenters. The summed E-state index contributed by atoms with van der Waals surface area (Å²) in [6.45, 7) is 0. The minimum absolute atomic E-state index is 0.441. The molecule has 4 nitrogen and oxygen atoms in total. The second kappa shape index (κ2) is 5.82. The maximum atomic E-state index is 10.9. The van der Waals surface area contributed by atoms with Gasteiger partial charge in [0.2, 0.25) is 5.91 Å². The van der Waals surface area contributed by atoms with E-state index in [9.17, 15) is 4.79 Å². The van der Waals surface area contributed by atoms with E-state index in [2.05, 4.69) is 4.99 Å². The highest BCUT2D eigenvalue weighted by atomic mass is 16.5. The van der Waals surface area contributed by atoms with Crippen molar-refractivity contribution in [3.63, 3.8) is 0 Å². The third-order valence-electron chi connectivity index (χ3n) is 2.61. The van der Waals surface area contributed by atoms with Gasteiger partial charge in [0, 0.05) is 11.8 Å². The third kappa shape index (κ3) is 3.42. The molecule has 2 aromatic rings. The van der Waals surface area contributed by atoms with E-state index in [-0.39, 0.29) is 0 Å². The predicted octanol–water partition coefficient (Wildman–Crippen LogP) is 2.54. The zero-order valence-corrected chi connectivity index (χ0v) is 10.5. The monoisotopic (exact) mass is 254 g/mol. The number of carbonyl (C=O) groups is 1. The molecule has 96 valence electrons. The summed E-state index contributed by atoms with van der Waals surface area (Å²) in [5, 5.41) is 0. The number of amides is 1. The fourth-order valence-electron chi connectivity index (χ4n) is 1.58. The molecule has 4 heteroatoms. The molecule has 0 heterocycles. The molecule has 0 saturated carbocycles. The summed E-state index contributed by atoms with van der Waals surface area (Å²) in [5.41, 5.74) is 7.34. The minimum Gasteiger partial charge on any atom is -0.497 e. The van der Waals surface area contributed by atoms with Crippen LogP contribution in [0.25, 0.3) is 0 Å². The topological polar surface area (TPSA) is 64.7 Å². The van der Waals surface area contributed by atoms with E-state index in [1.807, 2.05) is 24.3 Å².